The second kappa shape index (κ2) is 12.0. The molecule has 0 unspecified atom stereocenters. The van der Waals surface area contributed by atoms with Gasteiger partial charge in [-0.25, -0.2) is 4.98 Å². The summed E-state index contributed by atoms with van der Waals surface area (Å²) in [5.74, 6) is -0.351. The molecule has 0 aliphatic carbocycles. The molecule has 0 fully saturated rings. The maximum absolute atomic E-state index is 13.1. The van der Waals surface area contributed by atoms with E-state index in [4.69, 9.17) is 11.6 Å². The predicted octanol–water partition coefficient (Wildman–Crippen LogP) is 4.69. The van der Waals surface area contributed by atoms with Gasteiger partial charge in [-0.05, 0) is 34.9 Å². The number of nitrogens with one attached hydrogen (secondary N) is 4. The molecule has 4 aromatic rings. The molecule has 188 valence electrons. The van der Waals surface area contributed by atoms with Crippen molar-refractivity contribution in [2.45, 2.75) is 32.4 Å². The van der Waals surface area contributed by atoms with Gasteiger partial charge in [-0.15, -0.1) is 0 Å². The maximum Gasteiger partial charge on any atom is 0.228 e. The number of aliphatic hydroxyl groups excluding tert-OH is 1. The number of rotatable bonds is 11. The van der Waals surface area contributed by atoms with Gasteiger partial charge in [0.05, 0.1) is 18.2 Å². The number of aliphatic hydroxyl groups is 1. The van der Waals surface area contributed by atoms with Crippen LogP contribution in [0, 0.1) is 0 Å². The van der Waals surface area contributed by atoms with E-state index in [1.54, 1.807) is 0 Å². The van der Waals surface area contributed by atoms with Gasteiger partial charge in [0.25, 0.3) is 0 Å². The topological polar surface area (TPSA) is 102 Å². The molecular formula is C28H32ClN5O2. The summed E-state index contributed by atoms with van der Waals surface area (Å²) in [6.45, 7) is 5.67. The third-order valence-corrected chi connectivity index (χ3v) is 6.33. The smallest absolute Gasteiger partial charge is 0.228 e. The largest absolute Gasteiger partial charge is 0.392 e. The Morgan fingerprint density at radius 1 is 1.06 bits per heavy atom. The molecule has 0 spiro atoms. The fourth-order valence-corrected chi connectivity index (χ4v) is 4.24. The summed E-state index contributed by atoms with van der Waals surface area (Å²) < 4.78 is 0. The van der Waals surface area contributed by atoms with Crippen molar-refractivity contribution in [3.8, 4) is 11.1 Å². The Labute approximate surface area is 216 Å². The molecule has 0 saturated carbocycles. The Kier molecular flexibility index (Phi) is 8.59. The third-order valence-electron chi connectivity index (χ3n) is 6.08. The van der Waals surface area contributed by atoms with Crippen LogP contribution in [0.2, 0.25) is 5.02 Å². The van der Waals surface area contributed by atoms with Crippen molar-refractivity contribution < 1.29 is 9.90 Å². The van der Waals surface area contributed by atoms with Crippen LogP contribution in [0.1, 0.15) is 30.9 Å². The van der Waals surface area contributed by atoms with Crippen LogP contribution in [0.5, 0.6) is 0 Å². The van der Waals surface area contributed by atoms with Crippen LogP contribution in [0.15, 0.2) is 67.0 Å². The number of hydrogen-bond donors (Lipinski definition) is 5. The number of halogens is 1. The van der Waals surface area contributed by atoms with Crippen molar-refractivity contribution in [2.24, 2.45) is 0 Å². The van der Waals surface area contributed by atoms with Crippen molar-refractivity contribution in [3.05, 3.63) is 83.1 Å². The summed E-state index contributed by atoms with van der Waals surface area (Å²) in [7, 11) is 0. The highest BCUT2D eigenvalue weighted by Crippen LogP contribution is 2.33. The molecule has 2 aromatic carbocycles. The van der Waals surface area contributed by atoms with E-state index in [0.29, 0.717) is 24.7 Å². The van der Waals surface area contributed by atoms with Gasteiger partial charge in [0, 0.05) is 54.0 Å². The van der Waals surface area contributed by atoms with Gasteiger partial charge in [-0.2, -0.15) is 0 Å². The first kappa shape index (κ1) is 25.7. The highest BCUT2D eigenvalue weighted by atomic mass is 35.5. The van der Waals surface area contributed by atoms with Crippen LogP contribution >= 0.6 is 11.6 Å². The molecule has 0 aliphatic heterocycles. The summed E-state index contributed by atoms with van der Waals surface area (Å²) in [5, 5.41) is 20.9. The maximum atomic E-state index is 13.1. The molecule has 7 nitrogen and oxygen atoms in total. The lowest BCUT2D eigenvalue weighted by atomic mass is 9.97. The van der Waals surface area contributed by atoms with E-state index in [1.165, 1.54) is 0 Å². The lowest BCUT2D eigenvalue weighted by molar-refractivity contribution is -0.122. The number of carbonyl (C=O) groups excluding carboxylic acids is 1. The van der Waals surface area contributed by atoms with E-state index in [2.05, 4.69) is 39.8 Å². The third kappa shape index (κ3) is 6.23. The van der Waals surface area contributed by atoms with E-state index in [-0.39, 0.29) is 24.5 Å². The number of anilines is 1. The first-order chi connectivity index (χ1) is 17.5. The minimum absolute atomic E-state index is 0.00385. The number of nitrogens with zero attached hydrogens (tertiary/aromatic N) is 1. The van der Waals surface area contributed by atoms with Crippen LogP contribution < -0.4 is 16.0 Å². The van der Waals surface area contributed by atoms with Gasteiger partial charge in [0.1, 0.15) is 5.65 Å². The molecule has 0 saturated heterocycles. The van der Waals surface area contributed by atoms with Gasteiger partial charge >= 0.3 is 0 Å². The first-order valence-corrected chi connectivity index (χ1v) is 12.5. The molecule has 0 bridgehead atoms. The van der Waals surface area contributed by atoms with Crippen LogP contribution in [0.4, 0.5) is 5.69 Å². The molecule has 8 heteroatoms. The van der Waals surface area contributed by atoms with Crippen LogP contribution in [0.3, 0.4) is 0 Å². The van der Waals surface area contributed by atoms with Gasteiger partial charge in [-0.1, -0.05) is 61.8 Å². The van der Waals surface area contributed by atoms with Crippen LogP contribution in [0.25, 0.3) is 22.2 Å². The average Bonchev–Trinajstić information content (AvgIpc) is 3.37. The van der Waals surface area contributed by atoms with Gasteiger partial charge in [0.15, 0.2) is 0 Å². The summed E-state index contributed by atoms with van der Waals surface area (Å²) in [6, 6.07) is 17.5. The quantitative estimate of drug-likeness (QED) is 0.190. The number of pyridine rings is 1. The van der Waals surface area contributed by atoms with Crippen molar-refractivity contribution in [1.82, 2.24) is 20.6 Å². The Bertz CT molecular complexity index is 1290. The zero-order valence-electron chi connectivity index (χ0n) is 20.5. The Morgan fingerprint density at radius 2 is 1.81 bits per heavy atom. The molecule has 2 aromatic heterocycles. The van der Waals surface area contributed by atoms with Crippen LogP contribution in [-0.2, 0) is 11.4 Å². The monoisotopic (exact) mass is 505 g/mol. The number of amides is 1. The molecule has 1 amide bonds. The second-order valence-electron chi connectivity index (χ2n) is 9.03. The van der Waals surface area contributed by atoms with E-state index in [9.17, 15) is 9.90 Å². The van der Waals surface area contributed by atoms with Crippen molar-refractivity contribution >= 4 is 34.2 Å². The lowest BCUT2D eigenvalue weighted by Gasteiger charge is -2.20. The number of hydrogen-bond acceptors (Lipinski definition) is 5. The van der Waals surface area contributed by atoms with Gasteiger partial charge < -0.3 is 26.0 Å². The molecule has 5 N–H and O–H groups in total. The summed E-state index contributed by atoms with van der Waals surface area (Å²) in [6.07, 6.45) is 3.70. The normalized spacial score (nSPS) is 12.1. The Hall–Kier alpha value is -3.39. The lowest BCUT2D eigenvalue weighted by Crippen LogP contribution is -2.39. The Balaban J connectivity index is 1.45. The number of fused-ring (bicyclic) bond motifs is 1. The summed E-state index contributed by atoms with van der Waals surface area (Å²) >= 11 is 6.05. The fourth-order valence-electron chi connectivity index (χ4n) is 4.11. The summed E-state index contributed by atoms with van der Waals surface area (Å²) in [5.41, 5.74) is 5.47. The zero-order chi connectivity index (χ0) is 25.5. The molecule has 0 aliphatic rings. The van der Waals surface area contributed by atoms with Gasteiger partial charge in [0.2, 0.25) is 5.91 Å². The van der Waals surface area contributed by atoms with E-state index in [1.807, 2.05) is 67.0 Å². The van der Waals surface area contributed by atoms with Crippen molar-refractivity contribution in [3.63, 3.8) is 0 Å². The molecule has 2 heterocycles. The van der Waals surface area contributed by atoms with Crippen LogP contribution in [-0.4, -0.2) is 46.7 Å². The number of aromatic nitrogens is 2. The summed E-state index contributed by atoms with van der Waals surface area (Å²) in [4.78, 5) is 20.8. The molecule has 0 radical (unpaired) electrons. The molecular weight excluding hydrogens is 474 g/mol. The molecule has 1 atom stereocenters. The minimum atomic E-state index is -0.317. The second-order valence-corrected chi connectivity index (χ2v) is 9.46. The van der Waals surface area contributed by atoms with E-state index >= 15 is 0 Å². The molecule has 36 heavy (non-hydrogen) atoms. The predicted molar refractivity (Wildman–Crippen MR) is 146 cm³/mol. The number of benzene rings is 2. The van der Waals surface area contributed by atoms with E-state index < -0.39 is 0 Å². The standard InChI is InChI=1S/C28H32ClN5O2/c1-18(2)33-16-25(21-7-9-22(29)10-8-21)28(36)32-14-13-30-26-23-11-12-31-27(23)34-15-24(26)20-5-3-19(17-35)4-6-20/h3-12,15,18,25,33,35H,13-14,16-17H2,1-2H3,(H,32,36)(H2,30,31,34)/t25-/m1/s1. The van der Waals surface area contributed by atoms with Crippen molar-refractivity contribution in [1.29, 1.82) is 0 Å². The SMILES string of the molecule is CC(C)NC[C@@H](C(=O)NCCNc1c(-c2ccc(CO)cc2)cnc2[nH]ccc12)c1ccc(Cl)cc1. The number of H-pyrrole nitrogens is 1. The molecule has 4 rings (SSSR count). The number of aromatic amines is 1. The first-order valence-electron chi connectivity index (χ1n) is 12.1. The zero-order valence-corrected chi connectivity index (χ0v) is 21.3. The number of carbonyl (C=O) groups is 1. The van der Waals surface area contributed by atoms with Gasteiger partial charge in [-0.3, -0.25) is 4.79 Å². The minimum Gasteiger partial charge on any atom is -0.392 e. The Morgan fingerprint density at radius 3 is 2.50 bits per heavy atom. The average molecular weight is 506 g/mol. The van der Waals surface area contributed by atoms with E-state index in [0.717, 1.165) is 39.0 Å². The van der Waals surface area contributed by atoms with Crippen molar-refractivity contribution in [2.75, 3.05) is 25.0 Å². The highest BCUT2D eigenvalue weighted by Gasteiger charge is 2.20. The highest BCUT2D eigenvalue weighted by molar-refractivity contribution is 6.30. The fraction of sp³-hybridized carbons (Fsp3) is 0.286.